The summed E-state index contributed by atoms with van der Waals surface area (Å²) in [6.07, 6.45) is 2.69. The number of nitrogen functional groups attached to an aromatic ring is 1. The molecule has 0 saturated carbocycles. The molecule has 0 saturated heterocycles. The molecule has 0 aliphatic carbocycles. The van der Waals surface area contributed by atoms with Gasteiger partial charge in [-0.1, -0.05) is 11.3 Å². The van der Waals surface area contributed by atoms with Crippen LogP contribution in [0.5, 0.6) is 0 Å². The van der Waals surface area contributed by atoms with Crippen molar-refractivity contribution in [3.8, 4) is 0 Å². The third kappa shape index (κ3) is 1.51. The molecule has 0 aromatic carbocycles. The standard InChI is InChI=1S/C6H5N3O2S3/c7-5-9-3-4(13-5)14(10,11)6-8-1-2-12-6/h1-3H,(H2,7,9). The van der Waals surface area contributed by atoms with E-state index in [1.807, 2.05) is 0 Å². The Bertz CT molecular complexity index is 528. The third-order valence-electron chi connectivity index (χ3n) is 1.41. The maximum atomic E-state index is 11.8. The number of aromatic nitrogens is 2. The molecule has 0 aliphatic heterocycles. The summed E-state index contributed by atoms with van der Waals surface area (Å²) >= 11 is 2.01. The van der Waals surface area contributed by atoms with Crippen LogP contribution < -0.4 is 5.73 Å². The number of rotatable bonds is 2. The first kappa shape index (κ1) is 9.56. The number of nitrogens with zero attached hydrogens (tertiary/aromatic N) is 2. The number of nitrogens with two attached hydrogens (primary N) is 1. The Balaban J connectivity index is 2.54. The highest BCUT2D eigenvalue weighted by Crippen LogP contribution is 2.27. The first-order valence-electron chi connectivity index (χ1n) is 3.46. The van der Waals surface area contributed by atoms with E-state index in [2.05, 4.69) is 9.97 Å². The monoisotopic (exact) mass is 247 g/mol. The Hall–Kier alpha value is -0.990. The van der Waals surface area contributed by atoms with E-state index < -0.39 is 9.84 Å². The van der Waals surface area contributed by atoms with Gasteiger partial charge in [0.2, 0.25) is 14.2 Å². The van der Waals surface area contributed by atoms with Crippen LogP contribution in [-0.2, 0) is 9.84 Å². The molecule has 2 aromatic heterocycles. The van der Waals surface area contributed by atoms with Crippen LogP contribution in [0, 0.1) is 0 Å². The fourth-order valence-electron chi connectivity index (χ4n) is 0.825. The van der Waals surface area contributed by atoms with Crippen molar-refractivity contribution in [1.82, 2.24) is 9.97 Å². The molecule has 2 N–H and O–H groups in total. The van der Waals surface area contributed by atoms with E-state index in [1.165, 1.54) is 12.4 Å². The first-order valence-corrected chi connectivity index (χ1v) is 6.64. The summed E-state index contributed by atoms with van der Waals surface area (Å²) in [7, 11) is -3.49. The average Bonchev–Trinajstić information content (AvgIpc) is 2.72. The predicted molar refractivity (Wildman–Crippen MR) is 54.1 cm³/mol. The quantitative estimate of drug-likeness (QED) is 0.856. The highest BCUT2D eigenvalue weighted by molar-refractivity contribution is 7.95. The van der Waals surface area contributed by atoms with Crippen LogP contribution >= 0.6 is 22.7 Å². The number of thiazole rings is 2. The van der Waals surface area contributed by atoms with Crippen molar-refractivity contribution >= 4 is 37.6 Å². The van der Waals surface area contributed by atoms with Gasteiger partial charge in [0.1, 0.15) is 4.21 Å². The zero-order valence-electron chi connectivity index (χ0n) is 6.75. The van der Waals surface area contributed by atoms with Crippen molar-refractivity contribution in [3.63, 3.8) is 0 Å². The third-order valence-corrected chi connectivity index (χ3v) is 5.65. The van der Waals surface area contributed by atoms with Gasteiger partial charge in [0.15, 0.2) is 5.13 Å². The summed E-state index contributed by atoms with van der Waals surface area (Å²) in [4.78, 5) is 7.43. The molecule has 0 fully saturated rings. The topological polar surface area (TPSA) is 85.9 Å². The van der Waals surface area contributed by atoms with Crippen LogP contribution in [-0.4, -0.2) is 18.4 Å². The Kier molecular flexibility index (Phi) is 2.25. The number of hydrogen-bond acceptors (Lipinski definition) is 7. The molecular formula is C6H5N3O2S3. The zero-order valence-corrected chi connectivity index (χ0v) is 9.19. The second-order valence-electron chi connectivity index (χ2n) is 2.32. The molecule has 2 aromatic rings. The Morgan fingerprint density at radius 1 is 1.36 bits per heavy atom. The maximum absolute atomic E-state index is 11.8. The normalized spacial score (nSPS) is 11.7. The van der Waals surface area contributed by atoms with Crippen LogP contribution in [0.4, 0.5) is 5.13 Å². The lowest BCUT2D eigenvalue weighted by atomic mass is 11.0. The number of hydrogen-bond donors (Lipinski definition) is 1. The zero-order chi connectivity index (χ0) is 10.2. The maximum Gasteiger partial charge on any atom is 0.244 e. The number of anilines is 1. The first-order chi connectivity index (χ1) is 6.60. The summed E-state index contributed by atoms with van der Waals surface area (Å²) in [5, 5.41) is 1.84. The van der Waals surface area contributed by atoms with Gasteiger partial charge < -0.3 is 5.73 Å². The second-order valence-corrected chi connectivity index (χ2v) is 6.63. The predicted octanol–water partition coefficient (Wildman–Crippen LogP) is 1.01. The molecule has 0 aliphatic rings. The molecule has 8 heteroatoms. The van der Waals surface area contributed by atoms with E-state index >= 15 is 0 Å². The SMILES string of the molecule is Nc1ncc(S(=O)(=O)c2nccs2)s1. The minimum Gasteiger partial charge on any atom is -0.375 e. The van der Waals surface area contributed by atoms with Crippen LogP contribution in [0.1, 0.15) is 0 Å². The van der Waals surface area contributed by atoms with Crippen LogP contribution in [0.15, 0.2) is 26.3 Å². The van der Waals surface area contributed by atoms with E-state index in [-0.39, 0.29) is 13.7 Å². The molecule has 0 unspecified atom stereocenters. The van der Waals surface area contributed by atoms with Gasteiger partial charge in [-0.15, -0.1) is 11.3 Å². The summed E-state index contributed by atoms with van der Waals surface area (Å²) < 4.78 is 23.7. The Morgan fingerprint density at radius 3 is 2.64 bits per heavy atom. The molecule has 74 valence electrons. The molecule has 2 heterocycles. The Morgan fingerprint density at radius 2 is 2.14 bits per heavy atom. The highest BCUT2D eigenvalue weighted by Gasteiger charge is 2.22. The van der Waals surface area contributed by atoms with Gasteiger partial charge in [-0.2, -0.15) is 0 Å². The van der Waals surface area contributed by atoms with Gasteiger partial charge in [-0.3, -0.25) is 0 Å². The summed E-state index contributed by atoms with van der Waals surface area (Å²) in [6, 6.07) is 0. The highest BCUT2D eigenvalue weighted by atomic mass is 32.3. The Labute approximate surface area is 88.2 Å². The molecule has 0 bridgehead atoms. The van der Waals surface area contributed by atoms with Crippen molar-refractivity contribution in [1.29, 1.82) is 0 Å². The van der Waals surface area contributed by atoms with E-state index in [0.717, 1.165) is 22.7 Å². The number of sulfone groups is 1. The van der Waals surface area contributed by atoms with Crippen molar-refractivity contribution in [2.24, 2.45) is 0 Å². The molecule has 0 atom stereocenters. The molecule has 2 rings (SSSR count). The summed E-state index contributed by atoms with van der Waals surface area (Å²) in [6.45, 7) is 0. The minimum absolute atomic E-state index is 0.0705. The molecular weight excluding hydrogens is 242 g/mol. The molecule has 0 amide bonds. The van der Waals surface area contributed by atoms with Crippen molar-refractivity contribution in [2.45, 2.75) is 8.55 Å². The average molecular weight is 247 g/mol. The van der Waals surface area contributed by atoms with E-state index in [1.54, 1.807) is 5.38 Å². The summed E-state index contributed by atoms with van der Waals surface area (Å²) in [5.74, 6) is 0. The van der Waals surface area contributed by atoms with E-state index in [0.29, 0.717) is 0 Å². The van der Waals surface area contributed by atoms with Crippen LogP contribution in [0.3, 0.4) is 0 Å². The van der Waals surface area contributed by atoms with E-state index in [4.69, 9.17) is 5.73 Å². The van der Waals surface area contributed by atoms with Gasteiger partial charge in [-0.25, -0.2) is 18.4 Å². The minimum atomic E-state index is -3.49. The molecule has 5 nitrogen and oxygen atoms in total. The van der Waals surface area contributed by atoms with Gasteiger partial charge in [-0.05, 0) is 0 Å². The van der Waals surface area contributed by atoms with Gasteiger partial charge >= 0.3 is 0 Å². The van der Waals surface area contributed by atoms with Gasteiger partial charge in [0.25, 0.3) is 0 Å². The van der Waals surface area contributed by atoms with E-state index in [9.17, 15) is 8.42 Å². The molecule has 14 heavy (non-hydrogen) atoms. The second kappa shape index (κ2) is 3.30. The van der Waals surface area contributed by atoms with Gasteiger partial charge in [0.05, 0.1) is 6.20 Å². The lowest BCUT2D eigenvalue weighted by Gasteiger charge is -1.93. The lowest BCUT2D eigenvalue weighted by Crippen LogP contribution is -1.98. The summed E-state index contributed by atoms with van der Waals surface area (Å²) in [5.41, 5.74) is 5.35. The van der Waals surface area contributed by atoms with Crippen molar-refractivity contribution in [3.05, 3.63) is 17.8 Å². The smallest absolute Gasteiger partial charge is 0.244 e. The fourth-order valence-corrected chi connectivity index (χ4v) is 4.20. The largest absolute Gasteiger partial charge is 0.375 e. The van der Waals surface area contributed by atoms with Crippen molar-refractivity contribution in [2.75, 3.05) is 5.73 Å². The fraction of sp³-hybridized carbons (Fsp3) is 0. The molecule has 0 spiro atoms. The van der Waals surface area contributed by atoms with Crippen LogP contribution in [0.2, 0.25) is 0 Å². The van der Waals surface area contributed by atoms with Crippen molar-refractivity contribution < 1.29 is 8.42 Å². The van der Waals surface area contributed by atoms with Gasteiger partial charge in [0, 0.05) is 11.6 Å². The van der Waals surface area contributed by atoms with Crippen LogP contribution in [0.25, 0.3) is 0 Å². The lowest BCUT2D eigenvalue weighted by molar-refractivity contribution is 0.597. The molecule has 0 radical (unpaired) electrons.